The van der Waals surface area contributed by atoms with Crippen molar-refractivity contribution in [3.8, 4) is 0 Å². The van der Waals surface area contributed by atoms with E-state index in [1.54, 1.807) is 0 Å². The summed E-state index contributed by atoms with van der Waals surface area (Å²) in [6.07, 6.45) is 0. The fourth-order valence-corrected chi connectivity index (χ4v) is 2.71. The number of benzene rings is 2. The number of hydrogen-bond acceptors (Lipinski definition) is 6. The smallest absolute Gasteiger partial charge is 0.226 e. The van der Waals surface area contributed by atoms with Crippen LogP contribution in [-0.4, -0.2) is 20.2 Å². The number of aryl methyl sites for hydroxylation is 1. The molecule has 0 aliphatic rings. The Morgan fingerprint density at radius 1 is 0.786 bits per heavy atom. The highest BCUT2D eigenvalue weighted by Gasteiger charge is 2.07. The minimum absolute atomic E-state index is 0.527. The summed E-state index contributed by atoms with van der Waals surface area (Å²) in [6.45, 7) is 2.59. The second-order valence-electron chi connectivity index (χ2n) is 6.35. The molecule has 4 aromatic rings. The van der Waals surface area contributed by atoms with Crippen molar-refractivity contribution in [1.29, 1.82) is 0 Å². The molecule has 0 spiro atoms. The average molecular weight is 371 g/mol. The van der Waals surface area contributed by atoms with E-state index in [-0.39, 0.29) is 0 Å². The Balaban J connectivity index is 1.58. The number of hydrogen-bond donors (Lipinski definition) is 4. The molecule has 28 heavy (non-hydrogen) atoms. The zero-order valence-electron chi connectivity index (χ0n) is 15.5. The molecule has 0 fully saturated rings. The fraction of sp³-hybridized carbons (Fsp3) is 0.0952. The molecule has 2 aromatic heterocycles. The van der Waals surface area contributed by atoms with Gasteiger partial charge in [-0.25, -0.2) is 0 Å². The van der Waals surface area contributed by atoms with E-state index in [1.807, 2.05) is 67.6 Å². The quantitative estimate of drug-likeness (QED) is 0.379. The monoisotopic (exact) mass is 371 g/mol. The molecule has 0 aliphatic carbocycles. The van der Waals surface area contributed by atoms with Crippen LogP contribution < -0.4 is 16.0 Å². The van der Waals surface area contributed by atoms with Gasteiger partial charge >= 0.3 is 0 Å². The molecule has 7 nitrogen and oxygen atoms in total. The maximum Gasteiger partial charge on any atom is 0.226 e. The summed E-state index contributed by atoms with van der Waals surface area (Å²) in [4.78, 5) is 9.16. The molecule has 0 radical (unpaired) electrons. The number of nitrogens with one attached hydrogen (secondary N) is 4. The van der Waals surface area contributed by atoms with Gasteiger partial charge in [0.15, 0.2) is 5.82 Å². The van der Waals surface area contributed by atoms with E-state index in [0.717, 1.165) is 16.9 Å². The van der Waals surface area contributed by atoms with Crippen molar-refractivity contribution in [2.24, 2.45) is 0 Å². The van der Waals surface area contributed by atoms with Crippen molar-refractivity contribution < 1.29 is 0 Å². The summed E-state index contributed by atoms with van der Waals surface area (Å²) >= 11 is 0. The SMILES string of the molecule is Cc1cc(Nc2cc(Nc3ccccc3)nc(NCc3ccccc3)n2)n[nH]1. The van der Waals surface area contributed by atoms with Gasteiger partial charge in [-0.05, 0) is 24.6 Å². The van der Waals surface area contributed by atoms with Crippen molar-refractivity contribution in [3.63, 3.8) is 0 Å². The van der Waals surface area contributed by atoms with E-state index in [0.29, 0.717) is 29.9 Å². The molecule has 4 rings (SSSR count). The first-order valence-electron chi connectivity index (χ1n) is 9.02. The Morgan fingerprint density at radius 2 is 1.46 bits per heavy atom. The molecule has 140 valence electrons. The van der Waals surface area contributed by atoms with Crippen molar-refractivity contribution in [3.05, 3.63) is 84.1 Å². The zero-order valence-corrected chi connectivity index (χ0v) is 15.5. The van der Waals surface area contributed by atoms with Crippen LogP contribution in [0.15, 0.2) is 72.8 Å². The predicted molar refractivity (Wildman–Crippen MR) is 112 cm³/mol. The third-order valence-electron chi connectivity index (χ3n) is 4.03. The Hall–Kier alpha value is -3.87. The topological polar surface area (TPSA) is 90.6 Å². The largest absolute Gasteiger partial charge is 0.350 e. The summed E-state index contributed by atoms with van der Waals surface area (Å²) in [7, 11) is 0. The molecule has 0 bridgehead atoms. The van der Waals surface area contributed by atoms with Crippen LogP contribution >= 0.6 is 0 Å². The van der Waals surface area contributed by atoms with Gasteiger partial charge in [0.1, 0.15) is 11.6 Å². The van der Waals surface area contributed by atoms with Gasteiger partial charge in [0, 0.05) is 30.1 Å². The van der Waals surface area contributed by atoms with Crippen LogP contribution in [0.5, 0.6) is 0 Å². The summed E-state index contributed by atoms with van der Waals surface area (Å²) < 4.78 is 0. The van der Waals surface area contributed by atoms with Gasteiger partial charge in [0.05, 0.1) is 0 Å². The second-order valence-corrected chi connectivity index (χ2v) is 6.35. The number of aromatic nitrogens is 4. The Kier molecular flexibility index (Phi) is 5.15. The van der Waals surface area contributed by atoms with E-state index < -0.39 is 0 Å². The zero-order chi connectivity index (χ0) is 19.2. The fourth-order valence-electron chi connectivity index (χ4n) is 2.71. The molecule has 0 amide bonds. The molecular formula is C21H21N7. The first kappa shape index (κ1) is 17.5. The van der Waals surface area contributed by atoms with Crippen LogP contribution in [-0.2, 0) is 6.54 Å². The second kappa shape index (κ2) is 8.22. The van der Waals surface area contributed by atoms with Crippen LogP contribution in [0.3, 0.4) is 0 Å². The maximum absolute atomic E-state index is 4.59. The maximum atomic E-state index is 4.59. The van der Waals surface area contributed by atoms with E-state index in [9.17, 15) is 0 Å². The minimum atomic E-state index is 0.527. The Labute approximate surface area is 163 Å². The summed E-state index contributed by atoms with van der Waals surface area (Å²) in [5.74, 6) is 2.57. The highest BCUT2D eigenvalue weighted by atomic mass is 15.2. The number of anilines is 5. The van der Waals surface area contributed by atoms with Crippen LogP contribution in [0, 0.1) is 6.92 Å². The average Bonchev–Trinajstić information content (AvgIpc) is 3.12. The third kappa shape index (κ3) is 4.64. The lowest BCUT2D eigenvalue weighted by Crippen LogP contribution is -2.07. The van der Waals surface area contributed by atoms with E-state index >= 15 is 0 Å². The van der Waals surface area contributed by atoms with Gasteiger partial charge in [-0.3, -0.25) is 5.10 Å². The van der Waals surface area contributed by atoms with Crippen molar-refractivity contribution in [1.82, 2.24) is 20.2 Å². The standard InChI is InChI=1S/C21H21N7/c1-15-12-20(28-27-15)24-19-13-18(23-17-10-6-3-7-11-17)25-21(26-19)22-14-16-8-4-2-5-9-16/h2-13H,14H2,1H3,(H4,22,23,24,25,26,27,28). The van der Waals surface area contributed by atoms with Gasteiger partial charge in [0.25, 0.3) is 0 Å². The lowest BCUT2D eigenvalue weighted by molar-refractivity contribution is 1.04. The van der Waals surface area contributed by atoms with Crippen LogP contribution in [0.2, 0.25) is 0 Å². The number of para-hydroxylation sites is 1. The summed E-state index contributed by atoms with van der Waals surface area (Å²) in [5, 5.41) is 16.9. The Bertz CT molecular complexity index is 1030. The van der Waals surface area contributed by atoms with Gasteiger partial charge < -0.3 is 16.0 Å². The molecule has 0 aliphatic heterocycles. The first-order chi connectivity index (χ1) is 13.7. The summed E-state index contributed by atoms with van der Waals surface area (Å²) in [5.41, 5.74) is 3.09. The number of nitrogens with zero attached hydrogens (tertiary/aromatic N) is 3. The van der Waals surface area contributed by atoms with Crippen molar-refractivity contribution >= 4 is 29.1 Å². The van der Waals surface area contributed by atoms with Gasteiger partial charge in [0.2, 0.25) is 5.95 Å². The molecule has 0 saturated heterocycles. The summed E-state index contributed by atoms with van der Waals surface area (Å²) in [6, 6.07) is 23.8. The molecule has 2 heterocycles. The van der Waals surface area contributed by atoms with Crippen molar-refractivity contribution in [2.75, 3.05) is 16.0 Å². The van der Waals surface area contributed by atoms with E-state index in [4.69, 9.17) is 0 Å². The molecule has 2 aromatic carbocycles. The third-order valence-corrected chi connectivity index (χ3v) is 4.03. The predicted octanol–water partition coefficient (Wildman–Crippen LogP) is 4.61. The molecule has 0 unspecified atom stereocenters. The first-order valence-corrected chi connectivity index (χ1v) is 9.02. The lowest BCUT2D eigenvalue weighted by atomic mass is 10.2. The highest BCUT2D eigenvalue weighted by molar-refractivity contribution is 5.63. The van der Waals surface area contributed by atoms with Gasteiger partial charge in [-0.15, -0.1) is 0 Å². The van der Waals surface area contributed by atoms with Crippen LogP contribution in [0.1, 0.15) is 11.3 Å². The minimum Gasteiger partial charge on any atom is -0.350 e. The number of aromatic amines is 1. The van der Waals surface area contributed by atoms with E-state index in [1.165, 1.54) is 0 Å². The molecule has 0 atom stereocenters. The Morgan fingerprint density at radius 3 is 2.14 bits per heavy atom. The molecule has 0 saturated carbocycles. The van der Waals surface area contributed by atoms with Crippen molar-refractivity contribution in [2.45, 2.75) is 13.5 Å². The lowest BCUT2D eigenvalue weighted by Gasteiger charge is -2.12. The van der Waals surface area contributed by atoms with E-state index in [2.05, 4.69) is 48.2 Å². The van der Waals surface area contributed by atoms with Crippen LogP contribution in [0.4, 0.5) is 29.1 Å². The number of rotatable bonds is 7. The van der Waals surface area contributed by atoms with Gasteiger partial charge in [-0.2, -0.15) is 15.1 Å². The highest BCUT2D eigenvalue weighted by Crippen LogP contribution is 2.21. The normalized spacial score (nSPS) is 10.5. The van der Waals surface area contributed by atoms with Crippen LogP contribution in [0.25, 0.3) is 0 Å². The van der Waals surface area contributed by atoms with Gasteiger partial charge in [-0.1, -0.05) is 48.5 Å². The molecule has 7 heteroatoms. The number of H-pyrrole nitrogens is 1. The molecular weight excluding hydrogens is 350 g/mol. The molecule has 4 N–H and O–H groups in total.